The highest BCUT2D eigenvalue weighted by Gasteiger charge is 2.30. The first-order chi connectivity index (χ1) is 9.19. The van der Waals surface area contributed by atoms with E-state index < -0.39 is 0 Å². The molecule has 0 aliphatic heterocycles. The zero-order valence-electron chi connectivity index (χ0n) is 12.8. The van der Waals surface area contributed by atoms with Crippen LogP contribution in [-0.2, 0) is 0 Å². The van der Waals surface area contributed by atoms with E-state index in [9.17, 15) is 0 Å². The van der Waals surface area contributed by atoms with E-state index in [0.29, 0.717) is 6.04 Å². The van der Waals surface area contributed by atoms with Crippen LogP contribution in [0.15, 0.2) is 24.3 Å². The molecule has 2 rings (SSSR count). The Morgan fingerprint density at radius 2 is 1.84 bits per heavy atom. The molecule has 0 radical (unpaired) electrons. The van der Waals surface area contributed by atoms with Crippen LogP contribution in [0.1, 0.15) is 69.4 Å². The van der Waals surface area contributed by atoms with E-state index in [2.05, 4.69) is 50.4 Å². The van der Waals surface area contributed by atoms with E-state index in [-0.39, 0.29) is 0 Å². The molecule has 1 aliphatic rings. The van der Waals surface area contributed by atoms with Crippen LogP contribution in [0.3, 0.4) is 0 Å². The Kier molecular flexibility index (Phi) is 5.45. The van der Waals surface area contributed by atoms with E-state index in [0.717, 1.165) is 12.0 Å². The van der Waals surface area contributed by atoms with Crippen LogP contribution in [0.25, 0.3) is 0 Å². The normalized spacial score (nSPS) is 23.9. The minimum Gasteiger partial charge on any atom is -0.311 e. The number of hydrogen-bond acceptors (Lipinski definition) is 1. The number of aryl methyl sites for hydroxylation is 1. The summed E-state index contributed by atoms with van der Waals surface area (Å²) in [5.41, 5.74) is 2.89. The molecular weight excluding hydrogens is 230 g/mol. The second-order valence-corrected chi connectivity index (χ2v) is 6.34. The van der Waals surface area contributed by atoms with Gasteiger partial charge < -0.3 is 5.32 Å². The van der Waals surface area contributed by atoms with Gasteiger partial charge in [0.2, 0.25) is 0 Å². The van der Waals surface area contributed by atoms with E-state index >= 15 is 0 Å². The van der Waals surface area contributed by atoms with Crippen molar-refractivity contribution in [3.8, 4) is 0 Å². The minimum absolute atomic E-state index is 0.690. The Morgan fingerprint density at radius 3 is 2.47 bits per heavy atom. The van der Waals surface area contributed by atoms with Crippen molar-refractivity contribution in [2.75, 3.05) is 0 Å². The molecule has 1 saturated carbocycles. The van der Waals surface area contributed by atoms with E-state index in [1.807, 2.05) is 0 Å². The average Bonchev–Trinajstić information content (AvgIpc) is 2.35. The Bertz CT molecular complexity index is 362. The number of hydrogen-bond donors (Lipinski definition) is 1. The van der Waals surface area contributed by atoms with Gasteiger partial charge in [0.05, 0.1) is 0 Å². The molecule has 1 unspecified atom stereocenters. The summed E-state index contributed by atoms with van der Waals surface area (Å²) in [5.74, 6) is 0.793. The quantitative estimate of drug-likeness (QED) is 0.694. The largest absolute Gasteiger partial charge is 0.311 e. The lowest BCUT2D eigenvalue weighted by Crippen LogP contribution is -2.44. The van der Waals surface area contributed by atoms with Crippen molar-refractivity contribution < 1.29 is 0 Å². The molecule has 0 aromatic heterocycles. The monoisotopic (exact) mass is 259 g/mol. The third kappa shape index (κ3) is 4.35. The van der Waals surface area contributed by atoms with Gasteiger partial charge in [-0.1, -0.05) is 56.0 Å². The van der Waals surface area contributed by atoms with Gasteiger partial charge >= 0.3 is 0 Å². The summed E-state index contributed by atoms with van der Waals surface area (Å²) in [7, 11) is 0. The molecule has 1 atom stereocenters. The predicted molar refractivity (Wildman–Crippen MR) is 83.7 cm³/mol. The molecule has 1 N–H and O–H groups in total. The number of unbranched alkanes of at least 4 members (excludes halogenated alkanes) is 2. The first-order valence-corrected chi connectivity index (χ1v) is 8.01. The highest BCUT2D eigenvalue weighted by Crippen LogP contribution is 2.37. The van der Waals surface area contributed by atoms with E-state index in [1.165, 1.54) is 49.7 Å². The maximum Gasteiger partial charge on any atom is 0.00812 e. The molecule has 1 aliphatic carbocycles. The molecule has 0 heterocycles. The predicted octanol–water partition coefficient (Wildman–Crippen LogP) is 4.80. The van der Waals surface area contributed by atoms with Crippen molar-refractivity contribution in [2.45, 2.75) is 77.3 Å². The molecule has 0 amide bonds. The zero-order chi connectivity index (χ0) is 13.7. The van der Waals surface area contributed by atoms with Crippen molar-refractivity contribution >= 4 is 0 Å². The van der Waals surface area contributed by atoms with Crippen LogP contribution in [0.2, 0.25) is 0 Å². The average molecular weight is 259 g/mol. The first-order valence-electron chi connectivity index (χ1n) is 8.01. The van der Waals surface area contributed by atoms with Crippen molar-refractivity contribution in [2.24, 2.45) is 0 Å². The Balaban J connectivity index is 1.67. The lowest BCUT2D eigenvalue weighted by molar-refractivity contribution is 0.263. The minimum atomic E-state index is 0.690. The second kappa shape index (κ2) is 7.09. The molecule has 1 nitrogen and oxygen atoms in total. The van der Waals surface area contributed by atoms with Crippen molar-refractivity contribution in [1.82, 2.24) is 5.32 Å². The summed E-state index contributed by atoms with van der Waals surface area (Å²) in [6, 6.07) is 10.5. The highest BCUT2D eigenvalue weighted by atomic mass is 15.0. The molecule has 1 fully saturated rings. The lowest BCUT2D eigenvalue weighted by Gasteiger charge is -2.38. The number of nitrogens with one attached hydrogen (secondary N) is 1. The lowest BCUT2D eigenvalue weighted by atomic mass is 9.75. The maximum atomic E-state index is 3.79. The molecular formula is C18H29N. The highest BCUT2D eigenvalue weighted by molar-refractivity contribution is 5.26. The molecule has 0 bridgehead atoms. The second-order valence-electron chi connectivity index (χ2n) is 6.34. The SMILES string of the molecule is CCCCCC(C)NC1CC(c2ccc(C)cc2)C1. The Hall–Kier alpha value is -0.820. The van der Waals surface area contributed by atoms with Gasteiger partial charge in [0.25, 0.3) is 0 Å². The fourth-order valence-corrected chi connectivity index (χ4v) is 3.05. The number of rotatable bonds is 7. The van der Waals surface area contributed by atoms with Crippen LogP contribution in [0, 0.1) is 6.92 Å². The van der Waals surface area contributed by atoms with Gasteiger partial charge in [-0.3, -0.25) is 0 Å². The fourth-order valence-electron chi connectivity index (χ4n) is 3.05. The Morgan fingerprint density at radius 1 is 1.16 bits per heavy atom. The van der Waals surface area contributed by atoms with Gasteiger partial charge in [-0.05, 0) is 44.6 Å². The third-order valence-corrected chi connectivity index (χ3v) is 4.45. The summed E-state index contributed by atoms with van der Waals surface area (Å²) in [5, 5.41) is 3.79. The van der Waals surface area contributed by atoms with Gasteiger partial charge in [0.1, 0.15) is 0 Å². The third-order valence-electron chi connectivity index (χ3n) is 4.45. The first kappa shape index (κ1) is 14.6. The van der Waals surface area contributed by atoms with Gasteiger partial charge in [0, 0.05) is 12.1 Å². The Labute approximate surface area is 118 Å². The van der Waals surface area contributed by atoms with Crippen LogP contribution in [-0.4, -0.2) is 12.1 Å². The van der Waals surface area contributed by atoms with Crippen LogP contribution in [0.5, 0.6) is 0 Å². The molecule has 0 spiro atoms. The summed E-state index contributed by atoms with van der Waals surface area (Å²) in [6.45, 7) is 6.78. The molecule has 19 heavy (non-hydrogen) atoms. The smallest absolute Gasteiger partial charge is 0.00812 e. The van der Waals surface area contributed by atoms with Gasteiger partial charge in [-0.25, -0.2) is 0 Å². The molecule has 1 heteroatoms. The zero-order valence-corrected chi connectivity index (χ0v) is 12.8. The van der Waals surface area contributed by atoms with Gasteiger partial charge in [-0.15, -0.1) is 0 Å². The van der Waals surface area contributed by atoms with Crippen molar-refractivity contribution in [3.63, 3.8) is 0 Å². The fraction of sp³-hybridized carbons (Fsp3) is 0.667. The molecule has 1 aromatic carbocycles. The molecule has 1 aromatic rings. The summed E-state index contributed by atoms with van der Waals surface area (Å²) in [4.78, 5) is 0. The van der Waals surface area contributed by atoms with Crippen LogP contribution < -0.4 is 5.32 Å². The maximum absolute atomic E-state index is 3.79. The summed E-state index contributed by atoms with van der Waals surface area (Å²) >= 11 is 0. The molecule has 106 valence electrons. The molecule has 0 saturated heterocycles. The van der Waals surface area contributed by atoms with Crippen LogP contribution in [0.4, 0.5) is 0 Å². The van der Waals surface area contributed by atoms with Crippen molar-refractivity contribution in [3.05, 3.63) is 35.4 Å². The van der Waals surface area contributed by atoms with Gasteiger partial charge in [-0.2, -0.15) is 0 Å². The van der Waals surface area contributed by atoms with Gasteiger partial charge in [0.15, 0.2) is 0 Å². The summed E-state index contributed by atoms with van der Waals surface area (Å²) in [6.07, 6.45) is 8.05. The van der Waals surface area contributed by atoms with E-state index in [1.54, 1.807) is 0 Å². The van der Waals surface area contributed by atoms with Crippen molar-refractivity contribution in [1.29, 1.82) is 0 Å². The van der Waals surface area contributed by atoms with Crippen LogP contribution >= 0.6 is 0 Å². The summed E-state index contributed by atoms with van der Waals surface area (Å²) < 4.78 is 0. The standard InChI is InChI=1S/C18H29N/c1-4-5-6-7-15(3)19-18-12-17(13-18)16-10-8-14(2)9-11-16/h8-11,15,17-19H,4-7,12-13H2,1-3H3. The topological polar surface area (TPSA) is 12.0 Å². The van der Waals surface area contributed by atoms with E-state index in [4.69, 9.17) is 0 Å². The number of benzene rings is 1.